The molecule has 3 N–H and O–H groups in total. The zero-order valence-electron chi connectivity index (χ0n) is 8.86. The van der Waals surface area contributed by atoms with Crippen molar-refractivity contribution in [3.05, 3.63) is 0 Å². The quantitative estimate of drug-likeness (QED) is 0.762. The zero-order valence-corrected chi connectivity index (χ0v) is 8.86. The van der Waals surface area contributed by atoms with Gasteiger partial charge in [0, 0.05) is 0 Å². The summed E-state index contributed by atoms with van der Waals surface area (Å²) in [5, 5.41) is 2.10. The fourth-order valence-electron chi connectivity index (χ4n) is 2.18. The lowest BCUT2D eigenvalue weighted by Crippen LogP contribution is -2.58. The van der Waals surface area contributed by atoms with Crippen molar-refractivity contribution in [2.75, 3.05) is 0 Å². The van der Waals surface area contributed by atoms with E-state index in [1.165, 1.54) is 0 Å². The first-order chi connectivity index (χ1) is 7.29. The molecule has 1 amide bonds. The van der Waals surface area contributed by atoms with Crippen LogP contribution >= 0.6 is 0 Å². The van der Waals surface area contributed by atoms with E-state index in [1.54, 1.807) is 0 Å². The molecule has 0 spiro atoms. The molecule has 0 saturated heterocycles. The van der Waals surface area contributed by atoms with Gasteiger partial charge in [0.2, 0.25) is 5.91 Å². The Labute approximate surface area is 91.6 Å². The van der Waals surface area contributed by atoms with Crippen LogP contribution in [0.25, 0.3) is 0 Å². The van der Waals surface area contributed by atoms with Gasteiger partial charge in [0.05, 0.1) is 5.54 Å². The molecule has 0 heterocycles. The van der Waals surface area contributed by atoms with Gasteiger partial charge in [0.15, 0.2) is 0 Å². The van der Waals surface area contributed by atoms with Crippen LogP contribution in [0.5, 0.6) is 0 Å². The molecule has 92 valence electrons. The van der Waals surface area contributed by atoms with Crippen molar-refractivity contribution >= 4 is 5.91 Å². The Morgan fingerprint density at radius 1 is 1.12 bits per heavy atom. The Kier molecular flexibility index (Phi) is 2.45. The molecule has 0 bridgehead atoms. The number of carbonyl (C=O) groups is 1. The maximum Gasteiger partial charge on any atom is 0.411 e. The predicted octanol–water partition coefficient (Wildman–Crippen LogP) is 1.47. The van der Waals surface area contributed by atoms with Gasteiger partial charge in [0.25, 0.3) is 0 Å². The van der Waals surface area contributed by atoms with Crippen LogP contribution in [0.15, 0.2) is 0 Å². The third kappa shape index (κ3) is 1.79. The molecule has 2 saturated carbocycles. The third-order valence-electron chi connectivity index (χ3n) is 3.59. The summed E-state index contributed by atoms with van der Waals surface area (Å²) in [4.78, 5) is 11.7. The van der Waals surface area contributed by atoms with Crippen molar-refractivity contribution in [3.8, 4) is 0 Å². The van der Waals surface area contributed by atoms with E-state index in [-0.39, 0.29) is 12.8 Å². The van der Waals surface area contributed by atoms with Crippen molar-refractivity contribution in [1.29, 1.82) is 0 Å². The number of nitrogens with two attached hydrogens (primary N) is 1. The highest BCUT2D eigenvalue weighted by Gasteiger charge is 2.65. The Balaban J connectivity index is 2.03. The molecule has 0 radical (unpaired) electrons. The number of hydrogen-bond acceptors (Lipinski definition) is 2. The summed E-state index contributed by atoms with van der Waals surface area (Å²) in [6.45, 7) is 0. The smallest absolute Gasteiger partial charge is 0.340 e. The van der Waals surface area contributed by atoms with Crippen LogP contribution in [0, 0.1) is 0 Å². The van der Waals surface area contributed by atoms with Crippen molar-refractivity contribution in [2.45, 2.75) is 55.8 Å². The fourth-order valence-corrected chi connectivity index (χ4v) is 2.18. The molecule has 2 fully saturated rings. The first kappa shape index (κ1) is 11.7. The maximum atomic E-state index is 12.6. The Hall–Kier alpha value is -0.780. The highest BCUT2D eigenvalue weighted by atomic mass is 19.4. The molecule has 6 heteroatoms. The average molecular weight is 236 g/mol. The van der Waals surface area contributed by atoms with Crippen LogP contribution in [0.2, 0.25) is 0 Å². The fraction of sp³-hybridized carbons (Fsp3) is 0.900. The zero-order chi connectivity index (χ0) is 12.0. The molecule has 0 unspecified atom stereocenters. The molecule has 2 rings (SSSR count). The summed E-state index contributed by atoms with van der Waals surface area (Å²) in [7, 11) is 0. The van der Waals surface area contributed by atoms with E-state index in [0.29, 0.717) is 12.8 Å². The number of rotatable bonds is 2. The molecule has 0 aromatic heterocycles. The van der Waals surface area contributed by atoms with Gasteiger partial charge in [-0.05, 0) is 25.7 Å². The van der Waals surface area contributed by atoms with Crippen molar-refractivity contribution in [2.24, 2.45) is 5.73 Å². The number of hydrogen-bond donors (Lipinski definition) is 2. The van der Waals surface area contributed by atoms with Crippen molar-refractivity contribution in [3.63, 3.8) is 0 Å². The van der Waals surface area contributed by atoms with E-state index in [1.807, 2.05) is 0 Å². The van der Waals surface area contributed by atoms with Gasteiger partial charge in [-0.15, -0.1) is 0 Å². The van der Waals surface area contributed by atoms with Crippen molar-refractivity contribution < 1.29 is 18.0 Å². The lowest BCUT2D eigenvalue weighted by Gasteiger charge is -2.27. The third-order valence-corrected chi connectivity index (χ3v) is 3.59. The molecular weight excluding hydrogens is 221 g/mol. The molecular formula is C10H15F3N2O. The summed E-state index contributed by atoms with van der Waals surface area (Å²) in [5.41, 5.74) is 2.73. The van der Waals surface area contributed by atoms with E-state index in [9.17, 15) is 18.0 Å². The van der Waals surface area contributed by atoms with Gasteiger partial charge in [-0.25, -0.2) is 0 Å². The van der Waals surface area contributed by atoms with Crippen LogP contribution in [-0.2, 0) is 4.79 Å². The number of halogens is 3. The summed E-state index contributed by atoms with van der Waals surface area (Å²) < 4.78 is 37.8. The van der Waals surface area contributed by atoms with E-state index in [2.05, 4.69) is 5.32 Å². The van der Waals surface area contributed by atoms with Gasteiger partial charge < -0.3 is 11.1 Å². The summed E-state index contributed by atoms with van der Waals surface area (Å²) in [6, 6.07) is 0. The maximum absolute atomic E-state index is 12.6. The van der Waals surface area contributed by atoms with Crippen LogP contribution in [-0.4, -0.2) is 23.2 Å². The highest BCUT2D eigenvalue weighted by molar-refractivity contribution is 5.87. The van der Waals surface area contributed by atoms with E-state index >= 15 is 0 Å². The van der Waals surface area contributed by atoms with Gasteiger partial charge >= 0.3 is 6.18 Å². The van der Waals surface area contributed by atoms with Crippen LogP contribution in [0.3, 0.4) is 0 Å². The van der Waals surface area contributed by atoms with Gasteiger partial charge in [-0.3, -0.25) is 4.79 Å². The number of carbonyl (C=O) groups excluding carboxylic acids is 1. The summed E-state index contributed by atoms with van der Waals surface area (Å²) >= 11 is 0. The number of nitrogens with one attached hydrogen (secondary N) is 1. The molecule has 2 aliphatic rings. The number of amides is 1. The van der Waals surface area contributed by atoms with E-state index < -0.39 is 23.2 Å². The van der Waals surface area contributed by atoms with E-state index in [0.717, 1.165) is 12.8 Å². The molecule has 0 aromatic carbocycles. The second-order valence-corrected chi connectivity index (χ2v) is 4.90. The largest absolute Gasteiger partial charge is 0.411 e. The molecule has 16 heavy (non-hydrogen) atoms. The second-order valence-electron chi connectivity index (χ2n) is 4.90. The van der Waals surface area contributed by atoms with Gasteiger partial charge in [-0.1, -0.05) is 12.8 Å². The molecule has 0 aromatic rings. The first-order valence-corrected chi connectivity index (χ1v) is 5.47. The first-order valence-electron chi connectivity index (χ1n) is 5.47. The lowest BCUT2D eigenvalue weighted by molar-refractivity contribution is -0.171. The minimum atomic E-state index is -4.36. The minimum Gasteiger partial charge on any atom is -0.340 e. The monoisotopic (exact) mass is 236 g/mol. The van der Waals surface area contributed by atoms with Crippen LogP contribution in [0.1, 0.15) is 38.5 Å². The highest BCUT2D eigenvalue weighted by Crippen LogP contribution is 2.49. The van der Waals surface area contributed by atoms with Gasteiger partial charge in [-0.2, -0.15) is 13.2 Å². The van der Waals surface area contributed by atoms with Crippen molar-refractivity contribution in [1.82, 2.24) is 5.32 Å². The minimum absolute atomic E-state index is 0.0294. The standard InChI is InChI=1S/C10H15F3N2O/c11-10(12,13)9(5-6-9)15-7(16)8(14)3-1-2-4-8/h1-6,14H2,(H,15,16). The Morgan fingerprint density at radius 2 is 1.62 bits per heavy atom. The van der Waals surface area contributed by atoms with Crippen LogP contribution < -0.4 is 11.1 Å². The molecule has 2 aliphatic carbocycles. The van der Waals surface area contributed by atoms with Gasteiger partial charge in [0.1, 0.15) is 5.54 Å². The van der Waals surface area contributed by atoms with E-state index in [4.69, 9.17) is 5.73 Å². The normalized spacial score (nSPS) is 26.5. The molecule has 0 aliphatic heterocycles. The average Bonchev–Trinajstić information content (AvgIpc) is 2.81. The Bertz CT molecular complexity index is 304. The number of alkyl halides is 3. The predicted molar refractivity (Wildman–Crippen MR) is 51.5 cm³/mol. The SMILES string of the molecule is NC1(C(=O)NC2(C(F)(F)F)CC2)CCCC1. The lowest BCUT2D eigenvalue weighted by atomic mass is 9.97. The summed E-state index contributed by atoms with van der Waals surface area (Å²) in [5.74, 6) is -0.639. The Morgan fingerprint density at radius 3 is 2.00 bits per heavy atom. The second kappa shape index (κ2) is 3.35. The van der Waals surface area contributed by atoms with Crippen LogP contribution in [0.4, 0.5) is 13.2 Å². The topological polar surface area (TPSA) is 55.1 Å². The molecule has 0 atom stereocenters. The molecule has 3 nitrogen and oxygen atoms in total. The summed E-state index contributed by atoms with van der Waals surface area (Å²) in [6.07, 6.45) is -1.85.